The Morgan fingerprint density at radius 3 is 3.15 bits per heavy atom. The minimum Gasteiger partial charge on any atom is -0.634 e. The molecule has 13 heavy (non-hydrogen) atoms. The maximum absolute atomic E-state index is 11.1. The summed E-state index contributed by atoms with van der Waals surface area (Å²) in [6.45, 7) is 0.992. The standard InChI is InChI=1S/C9H10N2O2/c12-6-8-2-1-7-3-4-11(13)5-9(7)10-8/h1-2,6,11H,3-5H2. The first-order valence-corrected chi connectivity index (χ1v) is 4.25. The van der Waals surface area contributed by atoms with E-state index in [0.29, 0.717) is 25.1 Å². The van der Waals surface area contributed by atoms with Crippen LogP contribution in [0.15, 0.2) is 12.1 Å². The number of quaternary nitrogens is 1. The van der Waals surface area contributed by atoms with Crippen molar-refractivity contribution in [3.8, 4) is 0 Å². The topological polar surface area (TPSA) is 57.5 Å². The van der Waals surface area contributed by atoms with E-state index in [1.807, 2.05) is 6.07 Å². The number of aromatic nitrogens is 1. The molecule has 1 unspecified atom stereocenters. The third-order valence-corrected chi connectivity index (χ3v) is 2.25. The monoisotopic (exact) mass is 178 g/mol. The van der Waals surface area contributed by atoms with Gasteiger partial charge in [0.05, 0.1) is 12.2 Å². The van der Waals surface area contributed by atoms with Gasteiger partial charge in [-0.3, -0.25) is 4.79 Å². The molecule has 4 heteroatoms. The molecule has 0 aliphatic carbocycles. The summed E-state index contributed by atoms with van der Waals surface area (Å²) in [5, 5.41) is 11.3. The zero-order valence-electron chi connectivity index (χ0n) is 7.12. The predicted octanol–water partition coefficient (Wildman–Crippen LogP) is -0.667. The molecule has 0 fully saturated rings. The van der Waals surface area contributed by atoms with Gasteiger partial charge in [0.15, 0.2) is 6.29 Å². The lowest BCUT2D eigenvalue weighted by atomic mass is 10.1. The Bertz CT molecular complexity index is 338. The number of pyridine rings is 1. The highest BCUT2D eigenvalue weighted by Crippen LogP contribution is 2.09. The third kappa shape index (κ3) is 1.59. The highest BCUT2D eigenvalue weighted by atomic mass is 16.5. The fraction of sp³-hybridized carbons (Fsp3) is 0.333. The molecule has 4 nitrogen and oxygen atoms in total. The average molecular weight is 178 g/mol. The van der Waals surface area contributed by atoms with Crippen molar-refractivity contribution >= 4 is 6.29 Å². The van der Waals surface area contributed by atoms with E-state index in [1.54, 1.807) is 6.07 Å². The van der Waals surface area contributed by atoms with Crippen molar-refractivity contribution in [3.05, 3.63) is 34.3 Å². The molecule has 1 aliphatic heterocycles. The Balaban J connectivity index is 2.38. The molecule has 1 aliphatic rings. The lowest BCUT2D eigenvalue weighted by Gasteiger charge is -2.27. The summed E-state index contributed by atoms with van der Waals surface area (Å²) >= 11 is 0. The number of hydroxylamine groups is 2. The van der Waals surface area contributed by atoms with E-state index < -0.39 is 0 Å². The molecule has 68 valence electrons. The van der Waals surface area contributed by atoms with Crippen molar-refractivity contribution < 1.29 is 9.86 Å². The van der Waals surface area contributed by atoms with E-state index in [1.165, 1.54) is 0 Å². The van der Waals surface area contributed by atoms with Crippen LogP contribution >= 0.6 is 0 Å². The third-order valence-electron chi connectivity index (χ3n) is 2.25. The maximum atomic E-state index is 11.1. The average Bonchev–Trinajstić information content (AvgIpc) is 2.16. The first kappa shape index (κ1) is 8.34. The number of nitrogens with zero attached hydrogens (tertiary/aromatic N) is 1. The van der Waals surface area contributed by atoms with Gasteiger partial charge in [-0.2, -0.15) is 0 Å². The summed E-state index contributed by atoms with van der Waals surface area (Å²) in [6.07, 6.45) is 1.47. The minimum atomic E-state index is 0.211. The highest BCUT2D eigenvalue weighted by molar-refractivity contribution is 5.71. The number of carbonyl (C=O) groups excluding carboxylic acids is 1. The zero-order chi connectivity index (χ0) is 9.26. The van der Waals surface area contributed by atoms with Crippen LogP contribution in [0.3, 0.4) is 0 Å². The molecule has 0 saturated carbocycles. The molecular weight excluding hydrogens is 168 g/mol. The maximum Gasteiger partial charge on any atom is 0.168 e. The second-order valence-corrected chi connectivity index (χ2v) is 3.18. The largest absolute Gasteiger partial charge is 0.634 e. The molecule has 0 saturated heterocycles. The van der Waals surface area contributed by atoms with Crippen molar-refractivity contribution in [2.75, 3.05) is 6.54 Å². The summed E-state index contributed by atoms with van der Waals surface area (Å²) in [4.78, 5) is 14.5. The molecule has 2 heterocycles. The van der Waals surface area contributed by atoms with Crippen molar-refractivity contribution in [2.24, 2.45) is 0 Å². The molecule has 0 spiro atoms. The molecule has 1 aromatic heterocycles. The highest BCUT2D eigenvalue weighted by Gasteiger charge is 2.15. The Kier molecular flexibility index (Phi) is 2.08. The molecule has 0 amide bonds. The van der Waals surface area contributed by atoms with Crippen LogP contribution in [0.4, 0.5) is 0 Å². The number of rotatable bonds is 1. The fourth-order valence-electron chi connectivity index (χ4n) is 1.54. The first-order valence-electron chi connectivity index (χ1n) is 4.25. The van der Waals surface area contributed by atoms with Crippen LogP contribution in [0.25, 0.3) is 0 Å². The van der Waals surface area contributed by atoms with Gasteiger partial charge in [0.25, 0.3) is 0 Å². The summed E-state index contributed by atoms with van der Waals surface area (Å²) < 4.78 is 0. The summed E-state index contributed by atoms with van der Waals surface area (Å²) in [5.74, 6) is 0. The van der Waals surface area contributed by atoms with Crippen LogP contribution in [0, 0.1) is 5.21 Å². The van der Waals surface area contributed by atoms with Crippen LogP contribution in [-0.2, 0) is 13.0 Å². The number of nitrogens with one attached hydrogen (secondary N) is 1. The fourth-order valence-corrected chi connectivity index (χ4v) is 1.54. The number of aldehydes is 1. The Morgan fingerprint density at radius 2 is 2.38 bits per heavy atom. The second kappa shape index (κ2) is 3.24. The number of carbonyl (C=O) groups is 1. The molecule has 1 N–H and O–H groups in total. The van der Waals surface area contributed by atoms with Crippen molar-refractivity contribution in [3.63, 3.8) is 0 Å². The lowest BCUT2D eigenvalue weighted by Crippen LogP contribution is -3.06. The van der Waals surface area contributed by atoms with Gasteiger partial charge in [-0.1, -0.05) is 6.07 Å². The lowest BCUT2D eigenvalue weighted by molar-refractivity contribution is -0.865. The van der Waals surface area contributed by atoms with E-state index in [2.05, 4.69) is 4.98 Å². The molecule has 2 rings (SSSR count). The first-order chi connectivity index (χ1) is 6.29. The van der Waals surface area contributed by atoms with Crippen LogP contribution in [-0.4, -0.2) is 17.8 Å². The van der Waals surface area contributed by atoms with Gasteiger partial charge in [-0.25, -0.2) is 4.98 Å². The summed E-state index contributed by atoms with van der Waals surface area (Å²) in [5.41, 5.74) is 2.29. The Hall–Kier alpha value is -1.26. The quantitative estimate of drug-likeness (QED) is 0.458. The predicted molar refractivity (Wildman–Crippen MR) is 46.2 cm³/mol. The van der Waals surface area contributed by atoms with E-state index in [4.69, 9.17) is 0 Å². The van der Waals surface area contributed by atoms with Crippen LogP contribution in [0.1, 0.15) is 21.7 Å². The SMILES string of the molecule is O=Cc1ccc2c(n1)C[NH+]([O-])CC2. The molecule has 1 atom stereocenters. The van der Waals surface area contributed by atoms with Gasteiger partial charge in [0.1, 0.15) is 12.2 Å². The summed E-state index contributed by atoms with van der Waals surface area (Å²) in [6, 6.07) is 3.58. The Labute approximate surface area is 75.8 Å². The van der Waals surface area contributed by atoms with E-state index in [0.717, 1.165) is 17.7 Å². The second-order valence-electron chi connectivity index (χ2n) is 3.18. The number of hydrogen-bond donors (Lipinski definition) is 1. The smallest absolute Gasteiger partial charge is 0.168 e. The minimum absolute atomic E-state index is 0.211. The molecule has 0 bridgehead atoms. The van der Waals surface area contributed by atoms with E-state index >= 15 is 0 Å². The van der Waals surface area contributed by atoms with Gasteiger partial charge in [-0.15, -0.1) is 0 Å². The number of fused-ring (bicyclic) bond motifs is 1. The number of hydrogen-bond acceptors (Lipinski definition) is 3. The molecular formula is C9H10N2O2. The van der Waals surface area contributed by atoms with Gasteiger partial charge in [0, 0.05) is 6.42 Å². The van der Waals surface area contributed by atoms with Crippen molar-refractivity contribution in [1.82, 2.24) is 4.98 Å². The normalized spacial score (nSPS) is 20.8. The van der Waals surface area contributed by atoms with Gasteiger partial charge < -0.3 is 10.3 Å². The van der Waals surface area contributed by atoms with Crippen molar-refractivity contribution in [2.45, 2.75) is 13.0 Å². The van der Waals surface area contributed by atoms with E-state index in [-0.39, 0.29) is 5.06 Å². The zero-order valence-corrected chi connectivity index (χ0v) is 7.12. The van der Waals surface area contributed by atoms with Crippen LogP contribution in [0.2, 0.25) is 0 Å². The molecule has 0 aromatic carbocycles. The van der Waals surface area contributed by atoms with Gasteiger partial charge in [0.2, 0.25) is 0 Å². The Morgan fingerprint density at radius 1 is 1.54 bits per heavy atom. The van der Waals surface area contributed by atoms with Crippen LogP contribution < -0.4 is 5.06 Å². The summed E-state index contributed by atoms with van der Waals surface area (Å²) in [7, 11) is 0. The van der Waals surface area contributed by atoms with Gasteiger partial charge >= 0.3 is 0 Å². The molecule has 0 radical (unpaired) electrons. The molecule has 1 aromatic rings. The van der Waals surface area contributed by atoms with E-state index in [9.17, 15) is 10.0 Å². The van der Waals surface area contributed by atoms with Crippen molar-refractivity contribution in [1.29, 1.82) is 0 Å². The van der Waals surface area contributed by atoms with Gasteiger partial charge in [-0.05, 0) is 11.6 Å². The van der Waals surface area contributed by atoms with Crippen LogP contribution in [0.5, 0.6) is 0 Å².